The highest BCUT2D eigenvalue weighted by molar-refractivity contribution is 7.10. The Hall–Kier alpha value is -1.65. The molecule has 0 bridgehead atoms. The standard InChI is InChI=1S/C14H15NO2S/c1-10(16)11-4-2-5-12(8-11)15-9-13(17)14-6-3-7-18-14/h2-8,13,15,17H,9H2,1H3. The molecule has 0 aliphatic rings. The Bertz CT molecular complexity index is 522. The number of nitrogens with one attached hydrogen (secondary N) is 1. The molecule has 94 valence electrons. The van der Waals surface area contributed by atoms with E-state index < -0.39 is 6.10 Å². The second-order valence-electron chi connectivity index (χ2n) is 4.05. The maximum absolute atomic E-state index is 11.2. The summed E-state index contributed by atoms with van der Waals surface area (Å²) < 4.78 is 0. The van der Waals surface area contributed by atoms with E-state index in [0.29, 0.717) is 12.1 Å². The smallest absolute Gasteiger partial charge is 0.159 e. The second-order valence-corrected chi connectivity index (χ2v) is 5.03. The van der Waals surface area contributed by atoms with E-state index in [4.69, 9.17) is 0 Å². The van der Waals surface area contributed by atoms with E-state index in [9.17, 15) is 9.90 Å². The molecule has 3 nitrogen and oxygen atoms in total. The van der Waals surface area contributed by atoms with Gasteiger partial charge in [0.05, 0.1) is 0 Å². The number of hydrogen-bond donors (Lipinski definition) is 2. The first kappa shape index (κ1) is 12.8. The van der Waals surface area contributed by atoms with Gasteiger partial charge < -0.3 is 10.4 Å². The quantitative estimate of drug-likeness (QED) is 0.813. The summed E-state index contributed by atoms with van der Waals surface area (Å²) >= 11 is 1.53. The summed E-state index contributed by atoms with van der Waals surface area (Å²) in [6.45, 7) is 1.97. The molecule has 2 N–H and O–H groups in total. The van der Waals surface area contributed by atoms with Gasteiger partial charge in [-0.25, -0.2) is 0 Å². The molecule has 0 saturated heterocycles. The van der Waals surface area contributed by atoms with Crippen molar-refractivity contribution in [3.05, 3.63) is 52.2 Å². The average molecular weight is 261 g/mol. The fraction of sp³-hybridized carbons (Fsp3) is 0.214. The largest absolute Gasteiger partial charge is 0.386 e. The zero-order chi connectivity index (χ0) is 13.0. The van der Waals surface area contributed by atoms with Crippen LogP contribution in [0.2, 0.25) is 0 Å². The van der Waals surface area contributed by atoms with Gasteiger partial charge in [-0.3, -0.25) is 4.79 Å². The Labute approximate surface area is 110 Å². The lowest BCUT2D eigenvalue weighted by Gasteiger charge is -2.11. The zero-order valence-electron chi connectivity index (χ0n) is 10.1. The molecule has 4 heteroatoms. The molecular weight excluding hydrogens is 246 g/mol. The van der Waals surface area contributed by atoms with E-state index in [0.717, 1.165) is 10.6 Å². The van der Waals surface area contributed by atoms with Gasteiger partial charge in [0.25, 0.3) is 0 Å². The van der Waals surface area contributed by atoms with Crippen LogP contribution in [0.3, 0.4) is 0 Å². The van der Waals surface area contributed by atoms with Gasteiger partial charge in [-0.15, -0.1) is 11.3 Å². The highest BCUT2D eigenvalue weighted by atomic mass is 32.1. The molecule has 1 aromatic carbocycles. The molecule has 0 radical (unpaired) electrons. The number of aliphatic hydroxyl groups excluding tert-OH is 1. The molecule has 1 unspecified atom stereocenters. The summed E-state index contributed by atoms with van der Waals surface area (Å²) in [4.78, 5) is 12.2. The Morgan fingerprint density at radius 3 is 2.89 bits per heavy atom. The zero-order valence-corrected chi connectivity index (χ0v) is 10.9. The van der Waals surface area contributed by atoms with Gasteiger partial charge in [-0.05, 0) is 30.5 Å². The van der Waals surface area contributed by atoms with Gasteiger partial charge in [0.1, 0.15) is 6.10 Å². The summed E-state index contributed by atoms with van der Waals surface area (Å²) in [5.41, 5.74) is 1.52. The highest BCUT2D eigenvalue weighted by Crippen LogP contribution is 2.19. The van der Waals surface area contributed by atoms with Gasteiger partial charge >= 0.3 is 0 Å². The molecule has 0 fully saturated rings. The third kappa shape index (κ3) is 3.18. The van der Waals surface area contributed by atoms with Crippen LogP contribution in [-0.2, 0) is 0 Å². The van der Waals surface area contributed by atoms with E-state index in [-0.39, 0.29) is 5.78 Å². The minimum atomic E-state index is -0.522. The van der Waals surface area contributed by atoms with Crippen LogP contribution in [0.4, 0.5) is 5.69 Å². The molecule has 1 aromatic heterocycles. The molecule has 0 spiro atoms. The van der Waals surface area contributed by atoms with Crippen molar-refractivity contribution in [2.75, 3.05) is 11.9 Å². The van der Waals surface area contributed by atoms with Gasteiger partial charge in [0.15, 0.2) is 5.78 Å². The van der Waals surface area contributed by atoms with Crippen LogP contribution in [0.15, 0.2) is 41.8 Å². The molecule has 0 aliphatic carbocycles. The van der Waals surface area contributed by atoms with Gasteiger partial charge in [-0.2, -0.15) is 0 Å². The number of aliphatic hydroxyl groups is 1. The van der Waals surface area contributed by atoms with E-state index in [2.05, 4.69) is 5.32 Å². The minimum absolute atomic E-state index is 0.0393. The van der Waals surface area contributed by atoms with Gasteiger partial charge in [-0.1, -0.05) is 18.2 Å². The van der Waals surface area contributed by atoms with Crippen molar-refractivity contribution < 1.29 is 9.90 Å². The maximum Gasteiger partial charge on any atom is 0.159 e. The van der Waals surface area contributed by atoms with Crippen molar-refractivity contribution in [1.29, 1.82) is 0 Å². The fourth-order valence-electron chi connectivity index (χ4n) is 1.64. The van der Waals surface area contributed by atoms with Crippen LogP contribution in [0.5, 0.6) is 0 Å². The number of anilines is 1. The molecule has 1 heterocycles. The van der Waals surface area contributed by atoms with E-state index in [1.165, 1.54) is 11.3 Å². The number of carbonyl (C=O) groups excluding carboxylic acids is 1. The van der Waals surface area contributed by atoms with Gasteiger partial charge in [0, 0.05) is 22.7 Å². The summed E-state index contributed by atoms with van der Waals surface area (Å²) in [7, 11) is 0. The maximum atomic E-state index is 11.2. The molecule has 0 aliphatic heterocycles. The van der Waals surface area contributed by atoms with Crippen LogP contribution in [0.25, 0.3) is 0 Å². The molecule has 18 heavy (non-hydrogen) atoms. The first-order valence-corrected chi connectivity index (χ1v) is 6.61. The molecule has 1 atom stereocenters. The highest BCUT2D eigenvalue weighted by Gasteiger charge is 2.08. The Morgan fingerprint density at radius 1 is 1.39 bits per heavy atom. The van der Waals surface area contributed by atoms with Crippen molar-refractivity contribution in [3.63, 3.8) is 0 Å². The van der Waals surface area contributed by atoms with Crippen molar-refractivity contribution in [2.45, 2.75) is 13.0 Å². The van der Waals surface area contributed by atoms with E-state index in [1.807, 2.05) is 29.6 Å². The van der Waals surface area contributed by atoms with E-state index >= 15 is 0 Å². The summed E-state index contributed by atoms with van der Waals surface area (Å²) in [6, 6.07) is 11.1. The summed E-state index contributed by atoms with van der Waals surface area (Å²) in [6.07, 6.45) is -0.522. The van der Waals surface area contributed by atoms with Crippen molar-refractivity contribution in [2.24, 2.45) is 0 Å². The third-order valence-electron chi connectivity index (χ3n) is 2.64. The number of benzene rings is 1. The first-order chi connectivity index (χ1) is 8.66. The van der Waals surface area contributed by atoms with Crippen LogP contribution in [0.1, 0.15) is 28.3 Å². The van der Waals surface area contributed by atoms with E-state index in [1.54, 1.807) is 19.1 Å². The number of thiophene rings is 1. The predicted octanol–water partition coefficient (Wildman–Crippen LogP) is 3.10. The SMILES string of the molecule is CC(=O)c1cccc(NCC(O)c2cccs2)c1. The number of hydrogen-bond acceptors (Lipinski definition) is 4. The fourth-order valence-corrected chi connectivity index (χ4v) is 2.36. The first-order valence-electron chi connectivity index (χ1n) is 5.73. The predicted molar refractivity (Wildman–Crippen MR) is 74.2 cm³/mol. The topological polar surface area (TPSA) is 49.3 Å². The lowest BCUT2D eigenvalue weighted by atomic mass is 10.1. The van der Waals surface area contributed by atoms with Gasteiger partial charge in [0.2, 0.25) is 0 Å². The molecule has 0 saturated carbocycles. The molecule has 2 aromatic rings. The number of rotatable bonds is 5. The summed E-state index contributed by atoms with van der Waals surface area (Å²) in [5, 5.41) is 15.0. The molecule has 0 amide bonds. The lowest BCUT2D eigenvalue weighted by molar-refractivity contribution is 0.101. The van der Waals surface area contributed by atoms with Crippen LogP contribution >= 0.6 is 11.3 Å². The van der Waals surface area contributed by atoms with Crippen molar-refractivity contribution in [3.8, 4) is 0 Å². The average Bonchev–Trinajstić information content (AvgIpc) is 2.90. The third-order valence-corrected chi connectivity index (χ3v) is 3.61. The number of ketones is 1. The lowest BCUT2D eigenvalue weighted by Crippen LogP contribution is -2.11. The van der Waals surface area contributed by atoms with Crippen LogP contribution < -0.4 is 5.32 Å². The number of carbonyl (C=O) groups is 1. The number of Topliss-reactive ketones (excluding diaryl/α,β-unsaturated/α-hetero) is 1. The molecular formula is C14H15NO2S. The van der Waals surface area contributed by atoms with Crippen molar-refractivity contribution >= 4 is 22.8 Å². The monoisotopic (exact) mass is 261 g/mol. The molecule has 2 rings (SSSR count). The normalized spacial score (nSPS) is 12.1. The summed E-state index contributed by atoms with van der Waals surface area (Å²) in [5.74, 6) is 0.0393. The van der Waals surface area contributed by atoms with Crippen LogP contribution in [0, 0.1) is 0 Å². The second kappa shape index (κ2) is 5.80. The van der Waals surface area contributed by atoms with Crippen molar-refractivity contribution in [1.82, 2.24) is 0 Å². The Kier molecular flexibility index (Phi) is 4.12. The van der Waals surface area contributed by atoms with Crippen LogP contribution in [-0.4, -0.2) is 17.4 Å². The Balaban J connectivity index is 1.98. The Morgan fingerprint density at radius 2 is 2.22 bits per heavy atom. The minimum Gasteiger partial charge on any atom is -0.386 e.